The first-order valence-electron chi connectivity index (χ1n) is 8.81. The summed E-state index contributed by atoms with van der Waals surface area (Å²) in [6.07, 6.45) is -9.75. The smallest absolute Gasteiger partial charge is 0.405 e. The van der Waals surface area contributed by atoms with Crippen LogP contribution in [-0.4, -0.2) is 33.7 Å². The molecule has 2 aromatic rings. The summed E-state index contributed by atoms with van der Waals surface area (Å²) in [6, 6.07) is 5.43. The molecular formula is C19H14F6N2O4S. The van der Waals surface area contributed by atoms with Crippen LogP contribution in [-0.2, 0) is 30.1 Å². The van der Waals surface area contributed by atoms with Gasteiger partial charge in [-0.1, -0.05) is 6.07 Å². The third-order valence-electron chi connectivity index (χ3n) is 4.54. The number of halogens is 6. The second-order valence-corrected chi connectivity index (χ2v) is 8.03. The van der Waals surface area contributed by atoms with Gasteiger partial charge in [-0.3, -0.25) is 9.59 Å². The van der Waals surface area contributed by atoms with Crippen molar-refractivity contribution >= 4 is 21.9 Å². The standard InChI is InChI=1S/C19H14F6N2O4S/c1-26-17(29)32(30)13-4-5-15(31-19(23,24)25)14(7-13)16(28)27-8-10-2-3-12(18(20,21)22)6-11(10)9-27/h2-7H,8-9H2,1H3,(H,26,29). The SMILES string of the molecule is CNC(=O)S(=O)c1ccc(OC(F)(F)F)c(C(=O)N2Cc3ccc(C(F)(F)F)cc3C2)c1. The molecule has 0 radical (unpaired) electrons. The van der Waals surface area contributed by atoms with E-state index in [1.807, 2.05) is 0 Å². The molecule has 0 spiro atoms. The van der Waals surface area contributed by atoms with Crippen molar-refractivity contribution in [3.05, 3.63) is 58.7 Å². The predicted molar refractivity (Wildman–Crippen MR) is 99.0 cm³/mol. The number of carbonyl (C=O) groups is 2. The van der Waals surface area contributed by atoms with Gasteiger partial charge in [0.05, 0.1) is 11.1 Å². The Hall–Kier alpha value is -3.09. The van der Waals surface area contributed by atoms with Crippen molar-refractivity contribution in [3.8, 4) is 5.75 Å². The number of carbonyl (C=O) groups excluding carboxylic acids is 2. The number of rotatable bonds is 3. The number of alkyl halides is 6. The van der Waals surface area contributed by atoms with Crippen LogP contribution in [0.25, 0.3) is 0 Å². The molecule has 0 saturated heterocycles. The number of nitrogens with one attached hydrogen (secondary N) is 1. The molecule has 1 atom stereocenters. The number of ether oxygens (including phenoxy) is 1. The highest BCUT2D eigenvalue weighted by Gasteiger charge is 2.36. The van der Waals surface area contributed by atoms with Gasteiger partial charge in [0, 0.05) is 25.0 Å². The second-order valence-electron chi connectivity index (χ2n) is 6.65. The Labute approximate surface area is 179 Å². The van der Waals surface area contributed by atoms with E-state index in [-0.39, 0.29) is 23.5 Å². The Morgan fingerprint density at radius 3 is 2.25 bits per heavy atom. The van der Waals surface area contributed by atoms with E-state index in [1.54, 1.807) is 0 Å². The van der Waals surface area contributed by atoms with Gasteiger partial charge in [0.25, 0.3) is 5.91 Å². The van der Waals surface area contributed by atoms with Crippen LogP contribution in [0.2, 0.25) is 0 Å². The molecular weight excluding hydrogens is 466 g/mol. The Morgan fingerprint density at radius 1 is 1.00 bits per heavy atom. The molecule has 1 unspecified atom stereocenters. The van der Waals surface area contributed by atoms with Crippen LogP contribution >= 0.6 is 0 Å². The quantitative estimate of drug-likeness (QED) is 0.669. The fourth-order valence-electron chi connectivity index (χ4n) is 3.09. The zero-order chi connectivity index (χ0) is 23.8. The summed E-state index contributed by atoms with van der Waals surface area (Å²) >= 11 is 0. The van der Waals surface area contributed by atoms with Gasteiger partial charge in [-0.2, -0.15) is 13.2 Å². The van der Waals surface area contributed by atoms with Crippen LogP contribution in [0.1, 0.15) is 27.0 Å². The summed E-state index contributed by atoms with van der Waals surface area (Å²) in [6.45, 7) is -0.438. The van der Waals surface area contributed by atoms with Crippen molar-refractivity contribution in [3.63, 3.8) is 0 Å². The van der Waals surface area contributed by atoms with Crippen molar-refractivity contribution < 1.29 is 44.9 Å². The van der Waals surface area contributed by atoms with Gasteiger partial charge in [0.1, 0.15) is 16.5 Å². The predicted octanol–water partition coefficient (Wildman–Crippen LogP) is 4.21. The fraction of sp³-hybridized carbons (Fsp3) is 0.263. The minimum absolute atomic E-state index is 0.152. The summed E-state index contributed by atoms with van der Waals surface area (Å²) in [4.78, 5) is 25.4. The molecule has 0 aromatic heterocycles. The number of hydrogen-bond donors (Lipinski definition) is 1. The average molecular weight is 480 g/mol. The molecule has 0 bridgehead atoms. The van der Waals surface area contributed by atoms with Gasteiger partial charge in [-0.05, 0) is 41.5 Å². The summed E-state index contributed by atoms with van der Waals surface area (Å²) in [5.74, 6) is -1.89. The lowest BCUT2D eigenvalue weighted by molar-refractivity contribution is -0.274. The molecule has 0 fully saturated rings. The van der Waals surface area contributed by atoms with Crippen LogP contribution < -0.4 is 10.1 Å². The third-order valence-corrected chi connectivity index (χ3v) is 5.76. The molecule has 32 heavy (non-hydrogen) atoms. The summed E-state index contributed by atoms with van der Waals surface area (Å²) in [5, 5.41) is 1.17. The highest BCUT2D eigenvalue weighted by Crippen LogP contribution is 2.35. The molecule has 0 saturated carbocycles. The van der Waals surface area contributed by atoms with Crippen LogP contribution in [0, 0.1) is 0 Å². The summed E-state index contributed by atoms with van der Waals surface area (Å²) in [7, 11) is -1.13. The van der Waals surface area contributed by atoms with Crippen LogP contribution in [0.3, 0.4) is 0 Å². The van der Waals surface area contributed by atoms with Crippen molar-refractivity contribution in [1.82, 2.24) is 10.2 Å². The van der Waals surface area contributed by atoms with Gasteiger partial charge >= 0.3 is 17.8 Å². The van der Waals surface area contributed by atoms with Crippen LogP contribution in [0.4, 0.5) is 31.1 Å². The molecule has 3 rings (SSSR count). The molecule has 6 nitrogen and oxygen atoms in total. The largest absolute Gasteiger partial charge is 0.573 e. The van der Waals surface area contributed by atoms with Gasteiger partial charge in [0.15, 0.2) is 0 Å². The molecule has 172 valence electrons. The normalized spacial score (nSPS) is 14.7. The third kappa shape index (κ3) is 5.03. The lowest BCUT2D eigenvalue weighted by atomic mass is 10.1. The van der Waals surface area contributed by atoms with E-state index in [1.165, 1.54) is 13.1 Å². The van der Waals surface area contributed by atoms with E-state index in [0.29, 0.717) is 5.56 Å². The van der Waals surface area contributed by atoms with E-state index in [2.05, 4.69) is 10.1 Å². The van der Waals surface area contributed by atoms with E-state index in [4.69, 9.17) is 0 Å². The number of benzene rings is 2. The molecule has 1 N–H and O–H groups in total. The highest BCUT2D eigenvalue weighted by molar-refractivity contribution is 8.00. The minimum Gasteiger partial charge on any atom is -0.405 e. The second kappa shape index (κ2) is 8.45. The van der Waals surface area contributed by atoms with Crippen LogP contribution in [0.5, 0.6) is 5.75 Å². The molecule has 13 heteroatoms. The fourth-order valence-corrected chi connectivity index (χ4v) is 3.91. The average Bonchev–Trinajstić information content (AvgIpc) is 3.14. The van der Waals surface area contributed by atoms with E-state index < -0.39 is 51.4 Å². The summed E-state index contributed by atoms with van der Waals surface area (Å²) in [5.41, 5.74) is -0.971. The van der Waals surface area contributed by atoms with E-state index in [0.717, 1.165) is 35.2 Å². The molecule has 1 aliphatic rings. The topological polar surface area (TPSA) is 75.7 Å². The molecule has 0 aliphatic carbocycles. The zero-order valence-electron chi connectivity index (χ0n) is 16.1. The maximum atomic E-state index is 13.0. The number of hydrogen-bond acceptors (Lipinski definition) is 4. The highest BCUT2D eigenvalue weighted by atomic mass is 32.2. The van der Waals surface area contributed by atoms with E-state index >= 15 is 0 Å². The number of fused-ring (bicyclic) bond motifs is 1. The lowest BCUT2D eigenvalue weighted by Gasteiger charge is -2.19. The van der Waals surface area contributed by atoms with E-state index in [9.17, 15) is 40.1 Å². The first-order chi connectivity index (χ1) is 14.8. The molecule has 1 heterocycles. The minimum atomic E-state index is -5.15. The van der Waals surface area contributed by atoms with Crippen molar-refractivity contribution in [1.29, 1.82) is 0 Å². The van der Waals surface area contributed by atoms with Gasteiger partial charge in [-0.25, -0.2) is 4.21 Å². The van der Waals surface area contributed by atoms with Crippen molar-refractivity contribution in [2.24, 2.45) is 0 Å². The number of amides is 2. The Bertz CT molecular complexity index is 1100. The first-order valence-corrected chi connectivity index (χ1v) is 9.96. The summed E-state index contributed by atoms with van der Waals surface area (Å²) < 4.78 is 93.3. The maximum absolute atomic E-state index is 13.0. The number of nitrogens with zero attached hydrogens (tertiary/aromatic N) is 1. The Kier molecular flexibility index (Phi) is 6.22. The maximum Gasteiger partial charge on any atom is 0.573 e. The van der Waals surface area contributed by atoms with Gasteiger partial charge in [0.2, 0.25) is 0 Å². The van der Waals surface area contributed by atoms with Crippen molar-refractivity contribution in [2.75, 3.05) is 7.05 Å². The molecule has 2 amide bonds. The molecule has 1 aliphatic heterocycles. The first kappa shape index (κ1) is 23.6. The monoisotopic (exact) mass is 480 g/mol. The molecule has 2 aromatic carbocycles. The van der Waals surface area contributed by atoms with Gasteiger partial charge in [-0.15, -0.1) is 13.2 Å². The lowest BCUT2D eigenvalue weighted by Crippen LogP contribution is -2.28. The Balaban J connectivity index is 1.96. The van der Waals surface area contributed by atoms with Crippen molar-refractivity contribution in [2.45, 2.75) is 30.5 Å². The zero-order valence-corrected chi connectivity index (χ0v) is 17.0. The van der Waals surface area contributed by atoms with Gasteiger partial charge < -0.3 is 15.0 Å². The Morgan fingerprint density at radius 2 is 1.66 bits per heavy atom. The van der Waals surface area contributed by atoms with Crippen LogP contribution in [0.15, 0.2) is 41.3 Å².